The van der Waals surface area contributed by atoms with E-state index in [1.54, 1.807) is 24.3 Å². The third-order valence-corrected chi connectivity index (χ3v) is 7.91. The van der Waals surface area contributed by atoms with Crippen LogP contribution in [-0.2, 0) is 14.3 Å². The number of ether oxygens (including phenoxy) is 1. The van der Waals surface area contributed by atoms with Crippen molar-refractivity contribution < 1.29 is 19.1 Å². The van der Waals surface area contributed by atoms with Gasteiger partial charge in [-0.1, -0.05) is 35.9 Å². The predicted octanol–water partition coefficient (Wildman–Crippen LogP) is 3.98. The van der Waals surface area contributed by atoms with E-state index in [1.165, 1.54) is 4.90 Å². The SMILES string of the molecule is CC1=C[C@@H]2[C@H]3C(=O)N(C[C@@H]4CCCO4)C(=O)[C@H]3[C@@H](C(=O)c3ccc(Cl)cc3)N2c2ccccc21. The lowest BCUT2D eigenvalue weighted by molar-refractivity contribution is -0.142. The van der Waals surface area contributed by atoms with Crippen LogP contribution in [-0.4, -0.2) is 53.8 Å². The predicted molar refractivity (Wildman–Crippen MR) is 129 cm³/mol. The lowest BCUT2D eigenvalue weighted by Gasteiger charge is -2.38. The maximum atomic E-state index is 13.9. The fraction of sp³-hybridized carbons (Fsp3) is 0.370. The molecule has 34 heavy (non-hydrogen) atoms. The molecule has 4 aliphatic rings. The Morgan fingerprint density at radius 2 is 1.79 bits per heavy atom. The molecule has 6 nitrogen and oxygen atoms in total. The molecule has 174 valence electrons. The minimum atomic E-state index is -0.771. The molecule has 0 aromatic heterocycles. The molecule has 4 aliphatic heterocycles. The molecule has 3 fully saturated rings. The number of allylic oxidation sites excluding steroid dienone is 1. The number of hydrogen-bond donors (Lipinski definition) is 0. The number of ketones is 1. The van der Waals surface area contributed by atoms with E-state index in [-0.39, 0.29) is 36.3 Å². The Morgan fingerprint density at radius 3 is 2.53 bits per heavy atom. The average Bonchev–Trinajstić information content (AvgIpc) is 3.53. The van der Waals surface area contributed by atoms with Crippen molar-refractivity contribution in [1.82, 2.24) is 4.90 Å². The fourth-order valence-corrected chi connectivity index (χ4v) is 6.24. The van der Waals surface area contributed by atoms with E-state index in [4.69, 9.17) is 16.3 Å². The summed E-state index contributed by atoms with van der Waals surface area (Å²) < 4.78 is 5.71. The van der Waals surface area contributed by atoms with Crippen LogP contribution in [0.3, 0.4) is 0 Å². The number of nitrogens with zero attached hydrogens (tertiary/aromatic N) is 2. The van der Waals surface area contributed by atoms with Crippen molar-refractivity contribution >= 4 is 40.5 Å². The number of fused-ring (bicyclic) bond motifs is 5. The lowest BCUT2D eigenvalue weighted by atomic mass is 9.85. The van der Waals surface area contributed by atoms with Crippen LogP contribution < -0.4 is 4.90 Å². The highest BCUT2D eigenvalue weighted by Gasteiger charge is 2.64. The molecule has 3 saturated heterocycles. The highest BCUT2D eigenvalue weighted by molar-refractivity contribution is 6.30. The molecular formula is C27H25ClN2O4. The van der Waals surface area contributed by atoms with Crippen LogP contribution in [0.2, 0.25) is 5.02 Å². The average molecular weight is 477 g/mol. The molecule has 5 atom stereocenters. The van der Waals surface area contributed by atoms with Crippen LogP contribution in [0, 0.1) is 11.8 Å². The van der Waals surface area contributed by atoms with Gasteiger partial charge in [-0.3, -0.25) is 19.3 Å². The maximum Gasteiger partial charge on any atom is 0.235 e. The van der Waals surface area contributed by atoms with Crippen molar-refractivity contribution in [2.75, 3.05) is 18.1 Å². The van der Waals surface area contributed by atoms with Crippen LogP contribution in [0.5, 0.6) is 0 Å². The van der Waals surface area contributed by atoms with Gasteiger partial charge in [0.2, 0.25) is 11.8 Å². The number of Topliss-reactive ketones (excluding diaryl/α,β-unsaturated/α-hetero) is 1. The molecule has 0 spiro atoms. The number of amides is 2. The van der Waals surface area contributed by atoms with Gasteiger partial charge in [-0.25, -0.2) is 0 Å². The zero-order valence-electron chi connectivity index (χ0n) is 18.8. The number of rotatable bonds is 4. The third kappa shape index (κ3) is 3.16. The molecule has 4 heterocycles. The Morgan fingerprint density at radius 1 is 1.06 bits per heavy atom. The molecule has 0 bridgehead atoms. The Labute approximate surface area is 203 Å². The highest BCUT2D eigenvalue weighted by Crippen LogP contribution is 2.50. The van der Waals surface area contributed by atoms with E-state index in [9.17, 15) is 14.4 Å². The van der Waals surface area contributed by atoms with Gasteiger partial charge in [0.15, 0.2) is 5.78 Å². The van der Waals surface area contributed by atoms with Crippen LogP contribution in [0.4, 0.5) is 5.69 Å². The lowest BCUT2D eigenvalue weighted by Crippen LogP contribution is -2.49. The number of imide groups is 1. The number of carbonyl (C=O) groups excluding carboxylic acids is 3. The molecule has 6 rings (SSSR count). The first-order valence-corrected chi connectivity index (χ1v) is 12.2. The van der Waals surface area contributed by atoms with E-state index < -0.39 is 17.9 Å². The zero-order chi connectivity index (χ0) is 23.6. The number of likely N-dealkylation sites (tertiary alicyclic amines) is 1. The number of benzene rings is 2. The summed E-state index contributed by atoms with van der Waals surface area (Å²) >= 11 is 6.05. The second kappa shape index (κ2) is 8.07. The minimum Gasteiger partial charge on any atom is -0.376 e. The first-order valence-electron chi connectivity index (χ1n) is 11.8. The van der Waals surface area contributed by atoms with Crippen molar-refractivity contribution in [2.45, 2.75) is 38.0 Å². The Balaban J connectivity index is 1.45. The topological polar surface area (TPSA) is 66.9 Å². The molecule has 0 aliphatic carbocycles. The molecular weight excluding hydrogens is 452 g/mol. The molecule has 7 heteroatoms. The fourth-order valence-electron chi connectivity index (χ4n) is 6.12. The Bertz CT molecular complexity index is 1220. The number of halogens is 1. The summed E-state index contributed by atoms with van der Waals surface area (Å²) in [7, 11) is 0. The van der Waals surface area contributed by atoms with Crippen molar-refractivity contribution in [1.29, 1.82) is 0 Å². The minimum absolute atomic E-state index is 0.127. The van der Waals surface area contributed by atoms with Gasteiger partial charge in [-0.05, 0) is 55.7 Å². The van der Waals surface area contributed by atoms with Gasteiger partial charge < -0.3 is 9.64 Å². The first kappa shape index (κ1) is 21.6. The van der Waals surface area contributed by atoms with Crippen molar-refractivity contribution in [3.05, 3.63) is 70.8 Å². The van der Waals surface area contributed by atoms with Crippen LogP contribution in [0.25, 0.3) is 5.57 Å². The number of anilines is 1. The standard InChI is InChI=1S/C27H25ClN2O4/c1-15-13-21-22-23(27(33)29(26(22)32)14-18-5-4-12-34-18)24(25(31)16-8-10-17(28)11-9-16)30(21)20-7-3-2-6-19(15)20/h2-3,6-11,13,18,21-24H,4-5,12,14H2,1H3/t18-,21+,22+,23+,24-/m0/s1. The quantitative estimate of drug-likeness (QED) is 0.493. The number of para-hydroxylation sites is 1. The Kier molecular flexibility index (Phi) is 5.12. The van der Waals surface area contributed by atoms with Crippen molar-refractivity contribution in [2.24, 2.45) is 11.8 Å². The second-order valence-electron chi connectivity index (χ2n) is 9.55. The van der Waals surface area contributed by atoms with Gasteiger partial charge in [0.1, 0.15) is 6.04 Å². The van der Waals surface area contributed by atoms with E-state index in [1.807, 2.05) is 36.1 Å². The summed E-state index contributed by atoms with van der Waals surface area (Å²) in [4.78, 5) is 44.7. The summed E-state index contributed by atoms with van der Waals surface area (Å²) in [6, 6.07) is 13.5. The third-order valence-electron chi connectivity index (χ3n) is 7.65. The van der Waals surface area contributed by atoms with Gasteiger partial charge in [-0.15, -0.1) is 0 Å². The van der Waals surface area contributed by atoms with Gasteiger partial charge in [0, 0.05) is 28.4 Å². The molecule has 2 amide bonds. The highest BCUT2D eigenvalue weighted by atomic mass is 35.5. The van der Waals surface area contributed by atoms with E-state index >= 15 is 0 Å². The molecule has 0 saturated carbocycles. The molecule has 0 N–H and O–H groups in total. The largest absolute Gasteiger partial charge is 0.376 e. The Hall–Kier alpha value is -2.96. The summed E-state index contributed by atoms with van der Waals surface area (Å²) in [5.74, 6) is -1.97. The second-order valence-corrected chi connectivity index (χ2v) is 9.99. The number of hydrogen-bond acceptors (Lipinski definition) is 5. The van der Waals surface area contributed by atoms with Crippen LogP contribution in [0.1, 0.15) is 35.7 Å². The maximum absolute atomic E-state index is 13.9. The van der Waals surface area contributed by atoms with Gasteiger partial charge >= 0.3 is 0 Å². The monoisotopic (exact) mass is 476 g/mol. The van der Waals surface area contributed by atoms with E-state index in [0.29, 0.717) is 17.2 Å². The van der Waals surface area contributed by atoms with Gasteiger partial charge in [0.05, 0.1) is 30.5 Å². The summed E-state index contributed by atoms with van der Waals surface area (Å²) in [6.07, 6.45) is 3.69. The van der Waals surface area contributed by atoms with E-state index in [0.717, 1.165) is 29.7 Å². The van der Waals surface area contributed by atoms with Crippen LogP contribution in [0.15, 0.2) is 54.6 Å². The van der Waals surface area contributed by atoms with Gasteiger partial charge in [0.25, 0.3) is 0 Å². The zero-order valence-corrected chi connectivity index (χ0v) is 19.6. The molecule has 2 aromatic rings. The number of carbonyl (C=O) groups is 3. The summed E-state index contributed by atoms with van der Waals surface area (Å²) in [6.45, 7) is 2.93. The molecule has 0 unspecified atom stereocenters. The normalized spacial score (nSPS) is 29.7. The first-order chi connectivity index (χ1) is 16.5. The van der Waals surface area contributed by atoms with Crippen LogP contribution >= 0.6 is 11.6 Å². The van der Waals surface area contributed by atoms with Gasteiger partial charge in [-0.2, -0.15) is 0 Å². The smallest absolute Gasteiger partial charge is 0.235 e. The molecule has 0 radical (unpaired) electrons. The summed E-state index contributed by atoms with van der Waals surface area (Å²) in [5, 5.41) is 0.537. The van der Waals surface area contributed by atoms with Crippen molar-refractivity contribution in [3.63, 3.8) is 0 Å². The molecule has 2 aromatic carbocycles. The van der Waals surface area contributed by atoms with Crippen molar-refractivity contribution in [3.8, 4) is 0 Å². The summed E-state index contributed by atoms with van der Waals surface area (Å²) in [5.41, 5.74) is 3.44. The van der Waals surface area contributed by atoms with E-state index in [2.05, 4.69) is 6.08 Å².